The average molecular weight is 382 g/mol. The second-order valence-electron chi connectivity index (χ2n) is 7.18. The number of nitrogens with zero attached hydrogens (tertiary/aromatic N) is 2. The highest BCUT2D eigenvalue weighted by Crippen LogP contribution is 2.22. The molecule has 0 radical (unpaired) electrons. The van der Waals surface area contributed by atoms with Gasteiger partial charge >= 0.3 is 0 Å². The Morgan fingerprint density at radius 2 is 1.93 bits per heavy atom. The van der Waals surface area contributed by atoms with Gasteiger partial charge in [-0.05, 0) is 55.3 Å². The van der Waals surface area contributed by atoms with E-state index in [1.165, 1.54) is 21.9 Å². The second-order valence-corrected chi connectivity index (χ2v) is 7.18. The van der Waals surface area contributed by atoms with Crippen molar-refractivity contribution in [3.05, 3.63) is 78.2 Å². The van der Waals surface area contributed by atoms with Crippen molar-refractivity contribution in [2.75, 3.05) is 17.2 Å². The summed E-state index contributed by atoms with van der Waals surface area (Å²) in [7, 11) is 0. The average Bonchev–Trinajstić information content (AvgIpc) is 3.31. The number of aryl methyl sites for hydroxylation is 1. The topological polar surface area (TPSA) is 81.4 Å². The molecule has 4 N–H and O–H groups in total. The Hall–Kier alpha value is -3.80. The van der Waals surface area contributed by atoms with Gasteiger partial charge in [0.1, 0.15) is 5.82 Å². The van der Waals surface area contributed by atoms with Gasteiger partial charge in [0, 0.05) is 52.1 Å². The van der Waals surface area contributed by atoms with Gasteiger partial charge in [-0.3, -0.25) is 0 Å². The summed E-state index contributed by atoms with van der Waals surface area (Å²) in [5, 5.41) is 9.13. The molecule has 0 saturated heterocycles. The minimum absolute atomic E-state index is 0.619. The van der Waals surface area contributed by atoms with Crippen molar-refractivity contribution in [1.82, 2.24) is 19.9 Å². The molecule has 0 spiro atoms. The molecule has 144 valence electrons. The van der Waals surface area contributed by atoms with E-state index in [1.54, 1.807) is 6.20 Å². The molecule has 0 fully saturated rings. The molecule has 3 heterocycles. The molecule has 2 aromatic carbocycles. The maximum Gasteiger partial charge on any atom is 0.224 e. The minimum atomic E-state index is 0.619. The first-order chi connectivity index (χ1) is 14.2. The van der Waals surface area contributed by atoms with E-state index in [-0.39, 0.29) is 0 Å². The van der Waals surface area contributed by atoms with E-state index in [4.69, 9.17) is 0 Å². The lowest BCUT2D eigenvalue weighted by Crippen LogP contribution is -2.08. The van der Waals surface area contributed by atoms with E-state index in [2.05, 4.69) is 80.1 Å². The Balaban J connectivity index is 1.25. The van der Waals surface area contributed by atoms with Crippen molar-refractivity contribution < 1.29 is 0 Å². The molecule has 3 aromatic heterocycles. The van der Waals surface area contributed by atoms with Crippen LogP contribution in [0.25, 0.3) is 21.8 Å². The van der Waals surface area contributed by atoms with E-state index in [0.29, 0.717) is 5.95 Å². The third-order valence-electron chi connectivity index (χ3n) is 5.04. The van der Waals surface area contributed by atoms with E-state index < -0.39 is 0 Å². The monoisotopic (exact) mass is 382 g/mol. The molecule has 6 heteroatoms. The smallest absolute Gasteiger partial charge is 0.224 e. The number of hydrogen-bond donors (Lipinski definition) is 4. The van der Waals surface area contributed by atoms with Gasteiger partial charge in [-0.25, -0.2) is 4.98 Å². The first-order valence-electron chi connectivity index (χ1n) is 9.73. The van der Waals surface area contributed by atoms with Crippen molar-refractivity contribution in [3.8, 4) is 0 Å². The highest BCUT2D eigenvalue weighted by atomic mass is 15.1. The summed E-state index contributed by atoms with van der Waals surface area (Å²) in [5.74, 6) is 1.38. The number of fused-ring (bicyclic) bond motifs is 2. The molecule has 0 saturated carbocycles. The van der Waals surface area contributed by atoms with E-state index >= 15 is 0 Å². The molecule has 0 aliphatic rings. The Kier molecular flexibility index (Phi) is 4.37. The van der Waals surface area contributed by atoms with Crippen LogP contribution in [0.5, 0.6) is 0 Å². The predicted octanol–water partition coefficient (Wildman–Crippen LogP) is 5.15. The molecular weight excluding hydrogens is 360 g/mol. The van der Waals surface area contributed by atoms with E-state index in [9.17, 15) is 0 Å². The molecule has 0 aliphatic heterocycles. The van der Waals surface area contributed by atoms with Gasteiger partial charge in [0.15, 0.2) is 0 Å². The van der Waals surface area contributed by atoms with Crippen LogP contribution in [-0.4, -0.2) is 26.5 Å². The Labute approximate surface area is 168 Å². The quantitative estimate of drug-likeness (QED) is 0.327. The summed E-state index contributed by atoms with van der Waals surface area (Å²) in [4.78, 5) is 15.6. The van der Waals surface area contributed by atoms with Crippen LogP contribution in [0.3, 0.4) is 0 Å². The SMILES string of the molecule is Cc1cc2cc(Nc3ccnc(NCCc4c[nH]c5ccccc45)n3)ccc2[nH]1. The molecule has 29 heavy (non-hydrogen) atoms. The molecule has 6 nitrogen and oxygen atoms in total. The zero-order valence-electron chi connectivity index (χ0n) is 16.2. The number of anilines is 3. The van der Waals surface area contributed by atoms with Crippen molar-refractivity contribution >= 4 is 39.3 Å². The molecule has 0 unspecified atom stereocenters. The van der Waals surface area contributed by atoms with Crippen LogP contribution in [0, 0.1) is 6.92 Å². The van der Waals surface area contributed by atoms with Crippen molar-refractivity contribution in [3.63, 3.8) is 0 Å². The summed E-state index contributed by atoms with van der Waals surface area (Å²) < 4.78 is 0. The second kappa shape index (κ2) is 7.31. The molecule has 5 rings (SSSR count). The number of rotatable bonds is 6. The molecule has 0 atom stereocenters. The molecule has 5 aromatic rings. The predicted molar refractivity (Wildman–Crippen MR) is 119 cm³/mol. The number of hydrogen-bond acceptors (Lipinski definition) is 4. The lowest BCUT2D eigenvalue weighted by Gasteiger charge is -2.08. The fourth-order valence-corrected chi connectivity index (χ4v) is 3.66. The molecule has 0 aliphatic carbocycles. The maximum atomic E-state index is 4.59. The van der Waals surface area contributed by atoms with Crippen molar-refractivity contribution in [1.29, 1.82) is 0 Å². The van der Waals surface area contributed by atoms with Gasteiger partial charge in [-0.15, -0.1) is 0 Å². The zero-order valence-corrected chi connectivity index (χ0v) is 16.2. The third kappa shape index (κ3) is 3.65. The Morgan fingerprint density at radius 1 is 1.00 bits per heavy atom. The summed E-state index contributed by atoms with van der Waals surface area (Å²) in [6.07, 6.45) is 4.74. The Morgan fingerprint density at radius 3 is 2.90 bits per heavy atom. The maximum absolute atomic E-state index is 4.59. The van der Waals surface area contributed by atoms with Gasteiger partial charge in [-0.2, -0.15) is 4.98 Å². The lowest BCUT2D eigenvalue weighted by molar-refractivity contribution is 0.991. The lowest BCUT2D eigenvalue weighted by atomic mass is 10.1. The van der Waals surface area contributed by atoms with E-state index in [1.807, 2.05) is 18.2 Å². The van der Waals surface area contributed by atoms with Crippen LogP contribution >= 0.6 is 0 Å². The van der Waals surface area contributed by atoms with Crippen molar-refractivity contribution in [2.45, 2.75) is 13.3 Å². The first-order valence-corrected chi connectivity index (χ1v) is 9.73. The Bertz CT molecular complexity index is 1280. The zero-order chi connectivity index (χ0) is 19.6. The first kappa shape index (κ1) is 17.3. The van der Waals surface area contributed by atoms with Gasteiger partial charge < -0.3 is 20.6 Å². The fourth-order valence-electron chi connectivity index (χ4n) is 3.66. The van der Waals surface area contributed by atoms with E-state index in [0.717, 1.165) is 35.7 Å². The summed E-state index contributed by atoms with van der Waals surface area (Å²) >= 11 is 0. The number of H-pyrrole nitrogens is 2. The van der Waals surface area contributed by atoms with Crippen LogP contribution in [0.2, 0.25) is 0 Å². The van der Waals surface area contributed by atoms with Crippen LogP contribution in [0.1, 0.15) is 11.3 Å². The van der Waals surface area contributed by atoms with Crippen LogP contribution in [-0.2, 0) is 6.42 Å². The largest absolute Gasteiger partial charge is 0.361 e. The van der Waals surface area contributed by atoms with Crippen LogP contribution in [0.4, 0.5) is 17.5 Å². The number of aromatic nitrogens is 4. The summed E-state index contributed by atoms with van der Waals surface area (Å²) in [6, 6.07) is 18.6. The highest BCUT2D eigenvalue weighted by molar-refractivity contribution is 5.85. The molecular formula is C23H22N6. The standard InChI is InChI=1S/C23H22N6/c1-15-12-17-13-18(6-7-20(17)27-15)28-22-9-11-25-23(29-22)24-10-8-16-14-26-21-5-3-2-4-19(16)21/h2-7,9,11-14,26-27H,8,10H2,1H3,(H2,24,25,28,29). The van der Waals surface area contributed by atoms with Crippen molar-refractivity contribution in [2.24, 2.45) is 0 Å². The molecule has 0 bridgehead atoms. The molecule has 0 amide bonds. The highest BCUT2D eigenvalue weighted by Gasteiger charge is 2.05. The number of aromatic amines is 2. The van der Waals surface area contributed by atoms with Crippen LogP contribution in [0.15, 0.2) is 67.0 Å². The number of para-hydroxylation sites is 1. The normalized spacial score (nSPS) is 11.2. The van der Waals surface area contributed by atoms with Gasteiger partial charge in [0.2, 0.25) is 5.95 Å². The van der Waals surface area contributed by atoms with Gasteiger partial charge in [-0.1, -0.05) is 18.2 Å². The fraction of sp³-hybridized carbons (Fsp3) is 0.130. The summed E-state index contributed by atoms with van der Waals surface area (Å²) in [6.45, 7) is 2.83. The number of nitrogens with one attached hydrogen (secondary N) is 4. The van der Waals surface area contributed by atoms with Crippen LogP contribution < -0.4 is 10.6 Å². The minimum Gasteiger partial charge on any atom is -0.361 e. The summed E-state index contributed by atoms with van der Waals surface area (Å²) in [5.41, 5.74) is 5.74. The number of benzene rings is 2. The van der Waals surface area contributed by atoms with Gasteiger partial charge in [0.05, 0.1) is 0 Å². The third-order valence-corrected chi connectivity index (χ3v) is 5.04. The van der Waals surface area contributed by atoms with Gasteiger partial charge in [0.25, 0.3) is 0 Å².